The van der Waals surface area contributed by atoms with Gasteiger partial charge >= 0.3 is 0 Å². The number of aliphatic hydroxyl groups is 1. The van der Waals surface area contributed by atoms with Crippen LogP contribution in [0.2, 0.25) is 0 Å². The van der Waals surface area contributed by atoms with Gasteiger partial charge in [0.25, 0.3) is 0 Å². The highest BCUT2D eigenvalue weighted by atomic mass is 16.3. The number of hydrogen-bond acceptors (Lipinski definition) is 3. The molecule has 2 rings (SSSR count). The van der Waals surface area contributed by atoms with Crippen LogP contribution in [-0.2, 0) is 4.79 Å². The van der Waals surface area contributed by atoms with Crippen molar-refractivity contribution in [2.75, 3.05) is 26.2 Å². The number of amides is 1. The van der Waals surface area contributed by atoms with Crippen molar-refractivity contribution in [1.82, 2.24) is 10.2 Å². The zero-order valence-corrected chi connectivity index (χ0v) is 10.2. The van der Waals surface area contributed by atoms with E-state index in [1.807, 2.05) is 11.8 Å². The quantitative estimate of drug-likeness (QED) is 0.672. The predicted octanol–water partition coefficient (Wildman–Crippen LogP) is 0.215. The highest BCUT2D eigenvalue weighted by Gasteiger charge is 2.37. The summed E-state index contributed by atoms with van der Waals surface area (Å²) in [5.41, 5.74) is -0.677. The second-order valence-corrected chi connectivity index (χ2v) is 5.70. The van der Waals surface area contributed by atoms with Crippen molar-refractivity contribution in [3.63, 3.8) is 0 Å². The maximum absolute atomic E-state index is 12.2. The summed E-state index contributed by atoms with van der Waals surface area (Å²) in [6.07, 6.45) is 1.68. The molecular formula is C12H22N2O2. The van der Waals surface area contributed by atoms with Crippen molar-refractivity contribution in [2.45, 2.75) is 32.3 Å². The van der Waals surface area contributed by atoms with Gasteiger partial charge in [-0.15, -0.1) is 0 Å². The fourth-order valence-corrected chi connectivity index (χ4v) is 2.74. The Labute approximate surface area is 97.0 Å². The number of β-amino-alcohol motifs (C(OH)–C–C–N with tert-alkyl or cyclic N) is 1. The average molecular weight is 226 g/mol. The number of likely N-dealkylation sites (tertiary alicyclic amines) is 1. The molecule has 16 heavy (non-hydrogen) atoms. The van der Waals surface area contributed by atoms with Crippen molar-refractivity contribution in [2.24, 2.45) is 11.8 Å². The van der Waals surface area contributed by atoms with Crippen LogP contribution in [0.25, 0.3) is 0 Å². The van der Waals surface area contributed by atoms with E-state index in [0.29, 0.717) is 25.4 Å². The standard InChI is InChI=1S/C12H22N2O2/c1-9-5-10(7-13-6-9)11(15)14-4-3-12(2,16)8-14/h9-10,13,16H,3-8H2,1-2H3. The Kier molecular flexibility index (Phi) is 3.22. The maximum Gasteiger partial charge on any atom is 0.227 e. The summed E-state index contributed by atoms with van der Waals surface area (Å²) in [6.45, 7) is 6.99. The number of carbonyl (C=O) groups excluding carboxylic acids is 1. The van der Waals surface area contributed by atoms with Gasteiger partial charge in [-0.2, -0.15) is 0 Å². The van der Waals surface area contributed by atoms with E-state index < -0.39 is 5.60 Å². The molecule has 2 aliphatic heterocycles. The molecule has 2 N–H and O–H groups in total. The normalized spacial score (nSPS) is 40.1. The summed E-state index contributed by atoms with van der Waals surface area (Å²) in [6, 6.07) is 0. The topological polar surface area (TPSA) is 52.6 Å². The first-order valence-electron chi connectivity index (χ1n) is 6.20. The van der Waals surface area contributed by atoms with Crippen molar-refractivity contribution < 1.29 is 9.90 Å². The first kappa shape index (κ1) is 11.9. The molecular weight excluding hydrogens is 204 g/mol. The van der Waals surface area contributed by atoms with Crippen molar-refractivity contribution >= 4 is 5.91 Å². The molecule has 0 radical (unpaired) electrons. The van der Waals surface area contributed by atoms with Gasteiger partial charge in [0.1, 0.15) is 0 Å². The van der Waals surface area contributed by atoms with Crippen LogP contribution in [0.15, 0.2) is 0 Å². The van der Waals surface area contributed by atoms with Gasteiger partial charge in [0.2, 0.25) is 5.91 Å². The molecule has 0 aliphatic carbocycles. The Hall–Kier alpha value is -0.610. The highest BCUT2D eigenvalue weighted by Crippen LogP contribution is 2.24. The molecule has 4 nitrogen and oxygen atoms in total. The first-order valence-corrected chi connectivity index (χ1v) is 6.20. The predicted molar refractivity (Wildman–Crippen MR) is 62.0 cm³/mol. The van der Waals surface area contributed by atoms with Crippen LogP contribution in [0.5, 0.6) is 0 Å². The fraction of sp³-hybridized carbons (Fsp3) is 0.917. The van der Waals surface area contributed by atoms with E-state index in [9.17, 15) is 9.90 Å². The molecule has 2 fully saturated rings. The molecule has 0 saturated carbocycles. The fourth-order valence-electron chi connectivity index (χ4n) is 2.74. The largest absolute Gasteiger partial charge is 0.388 e. The van der Waals surface area contributed by atoms with Crippen molar-refractivity contribution in [3.05, 3.63) is 0 Å². The molecule has 2 heterocycles. The van der Waals surface area contributed by atoms with Gasteiger partial charge in [-0.05, 0) is 32.2 Å². The molecule has 0 bridgehead atoms. The van der Waals surface area contributed by atoms with Crippen LogP contribution in [0.1, 0.15) is 26.7 Å². The van der Waals surface area contributed by atoms with E-state index in [0.717, 1.165) is 19.5 Å². The zero-order chi connectivity index (χ0) is 11.8. The molecule has 2 saturated heterocycles. The maximum atomic E-state index is 12.2. The molecule has 3 unspecified atom stereocenters. The first-order chi connectivity index (χ1) is 7.48. The number of nitrogens with one attached hydrogen (secondary N) is 1. The molecule has 4 heteroatoms. The minimum absolute atomic E-state index is 0.109. The molecule has 92 valence electrons. The number of carbonyl (C=O) groups is 1. The van der Waals surface area contributed by atoms with E-state index in [2.05, 4.69) is 12.2 Å². The third-order valence-electron chi connectivity index (χ3n) is 3.68. The molecule has 1 amide bonds. The Morgan fingerprint density at radius 1 is 1.50 bits per heavy atom. The van der Waals surface area contributed by atoms with E-state index in [1.54, 1.807) is 0 Å². The molecule has 0 aromatic heterocycles. The Balaban J connectivity index is 1.92. The Morgan fingerprint density at radius 3 is 2.81 bits per heavy atom. The zero-order valence-electron chi connectivity index (χ0n) is 10.2. The van der Waals surface area contributed by atoms with Crippen LogP contribution in [0.3, 0.4) is 0 Å². The summed E-state index contributed by atoms with van der Waals surface area (Å²) in [7, 11) is 0. The monoisotopic (exact) mass is 226 g/mol. The minimum atomic E-state index is -0.677. The van der Waals surface area contributed by atoms with Crippen LogP contribution in [0, 0.1) is 11.8 Å². The van der Waals surface area contributed by atoms with Gasteiger partial charge in [-0.3, -0.25) is 4.79 Å². The van der Waals surface area contributed by atoms with Gasteiger partial charge in [-0.25, -0.2) is 0 Å². The lowest BCUT2D eigenvalue weighted by molar-refractivity contribution is -0.136. The lowest BCUT2D eigenvalue weighted by Gasteiger charge is -2.30. The molecule has 3 atom stereocenters. The van der Waals surface area contributed by atoms with E-state index >= 15 is 0 Å². The SMILES string of the molecule is CC1CNCC(C(=O)N2CCC(C)(O)C2)C1. The van der Waals surface area contributed by atoms with Gasteiger partial charge in [0.05, 0.1) is 11.5 Å². The van der Waals surface area contributed by atoms with Gasteiger partial charge in [-0.1, -0.05) is 6.92 Å². The van der Waals surface area contributed by atoms with Crippen LogP contribution >= 0.6 is 0 Å². The van der Waals surface area contributed by atoms with E-state index in [-0.39, 0.29) is 11.8 Å². The second kappa shape index (κ2) is 4.34. The summed E-state index contributed by atoms with van der Waals surface area (Å²) < 4.78 is 0. The van der Waals surface area contributed by atoms with E-state index in [4.69, 9.17) is 0 Å². The van der Waals surface area contributed by atoms with Crippen molar-refractivity contribution in [3.8, 4) is 0 Å². The summed E-state index contributed by atoms with van der Waals surface area (Å²) in [5.74, 6) is 0.903. The van der Waals surface area contributed by atoms with Gasteiger partial charge < -0.3 is 15.3 Å². The number of rotatable bonds is 1. The summed E-state index contributed by atoms with van der Waals surface area (Å²) >= 11 is 0. The van der Waals surface area contributed by atoms with Gasteiger partial charge in [0.15, 0.2) is 0 Å². The van der Waals surface area contributed by atoms with Crippen LogP contribution < -0.4 is 5.32 Å². The Morgan fingerprint density at radius 2 is 2.25 bits per heavy atom. The van der Waals surface area contributed by atoms with Crippen LogP contribution in [-0.4, -0.2) is 47.7 Å². The number of piperidine rings is 1. The smallest absolute Gasteiger partial charge is 0.227 e. The third kappa shape index (κ3) is 2.55. The van der Waals surface area contributed by atoms with Crippen LogP contribution in [0.4, 0.5) is 0 Å². The third-order valence-corrected chi connectivity index (χ3v) is 3.68. The van der Waals surface area contributed by atoms with E-state index in [1.165, 1.54) is 0 Å². The van der Waals surface area contributed by atoms with Gasteiger partial charge in [0, 0.05) is 19.6 Å². The highest BCUT2D eigenvalue weighted by molar-refractivity contribution is 5.79. The lowest BCUT2D eigenvalue weighted by Crippen LogP contribution is -2.45. The summed E-state index contributed by atoms with van der Waals surface area (Å²) in [5, 5.41) is 13.2. The molecule has 0 spiro atoms. The second-order valence-electron chi connectivity index (χ2n) is 5.70. The van der Waals surface area contributed by atoms with Crippen molar-refractivity contribution in [1.29, 1.82) is 0 Å². The number of nitrogens with zero attached hydrogens (tertiary/aromatic N) is 1. The molecule has 2 aliphatic rings. The molecule has 0 aromatic carbocycles. The summed E-state index contributed by atoms with van der Waals surface area (Å²) in [4.78, 5) is 14.0. The molecule has 0 aromatic rings. The Bertz CT molecular complexity index is 274. The average Bonchev–Trinajstić information content (AvgIpc) is 2.58. The minimum Gasteiger partial charge on any atom is -0.388 e. The number of hydrogen-bond donors (Lipinski definition) is 2. The lowest BCUT2D eigenvalue weighted by atomic mass is 9.91.